The van der Waals surface area contributed by atoms with Gasteiger partial charge in [-0.2, -0.15) is 22.0 Å². The first-order valence-corrected chi connectivity index (χ1v) is 12.2. The van der Waals surface area contributed by atoms with Crippen molar-refractivity contribution in [3.8, 4) is 5.75 Å². The summed E-state index contributed by atoms with van der Waals surface area (Å²) in [6, 6.07) is 3.19. The molecule has 0 heterocycles. The van der Waals surface area contributed by atoms with E-state index in [-0.39, 0.29) is 11.5 Å². The lowest BCUT2D eigenvalue weighted by atomic mass is 9.74. The number of ether oxygens (including phenoxy) is 2. The molecule has 0 N–H and O–H groups in total. The average molecular weight is 499 g/mol. The van der Waals surface area contributed by atoms with E-state index in [0.29, 0.717) is 11.5 Å². The maximum atomic E-state index is 14.4. The fraction of sp³-hybridized carbons (Fsp3) is 0.760. The Hall–Kier alpha value is -1.51. The largest absolute Gasteiger partial charge is 0.439 e. The van der Waals surface area contributed by atoms with E-state index in [1.165, 1.54) is 38.2 Å². The maximum Gasteiger partial charge on any atom is 0.439 e. The minimum Gasteiger partial charge on any atom is -0.427 e. The van der Waals surface area contributed by atoms with Gasteiger partial charge in [0.25, 0.3) is 6.17 Å². The van der Waals surface area contributed by atoms with E-state index in [4.69, 9.17) is 4.74 Å². The van der Waals surface area contributed by atoms with Gasteiger partial charge in [-0.05, 0) is 74.5 Å². The highest BCUT2D eigenvalue weighted by molar-refractivity contribution is 5.32. The molecule has 1 aromatic rings. The van der Waals surface area contributed by atoms with Crippen molar-refractivity contribution in [2.75, 3.05) is 6.61 Å². The first-order chi connectivity index (χ1) is 16.0. The summed E-state index contributed by atoms with van der Waals surface area (Å²) in [4.78, 5) is 0. The highest BCUT2D eigenvalue weighted by atomic mass is 19.4. The molecule has 0 spiro atoms. The molecule has 0 aromatic heterocycles. The number of halogens is 7. The molecule has 0 saturated heterocycles. The summed E-state index contributed by atoms with van der Waals surface area (Å²) in [5, 5.41) is 0. The second-order valence-electron chi connectivity index (χ2n) is 9.78. The number of hydrogen-bond acceptors (Lipinski definition) is 2. The van der Waals surface area contributed by atoms with Crippen LogP contribution < -0.4 is 4.74 Å². The van der Waals surface area contributed by atoms with Gasteiger partial charge in [-0.25, -0.2) is 8.78 Å². The highest BCUT2D eigenvalue weighted by Gasteiger charge is 2.59. The minimum absolute atomic E-state index is 0.0311. The van der Waals surface area contributed by atoms with Gasteiger partial charge in [-0.3, -0.25) is 0 Å². The smallest absolute Gasteiger partial charge is 0.427 e. The van der Waals surface area contributed by atoms with Crippen molar-refractivity contribution in [3.63, 3.8) is 0 Å². The van der Waals surface area contributed by atoms with Crippen molar-refractivity contribution in [2.45, 2.75) is 108 Å². The van der Waals surface area contributed by atoms with Crippen LogP contribution in [-0.2, 0) is 4.74 Å². The van der Waals surface area contributed by atoms with Crippen molar-refractivity contribution in [1.29, 1.82) is 0 Å². The molecule has 1 atom stereocenters. The molecule has 0 bridgehead atoms. The Morgan fingerprint density at radius 2 is 1.65 bits per heavy atom. The van der Waals surface area contributed by atoms with Crippen LogP contribution in [0.3, 0.4) is 0 Å². The van der Waals surface area contributed by atoms with Gasteiger partial charge in [0, 0.05) is 0 Å². The summed E-state index contributed by atoms with van der Waals surface area (Å²) < 4.78 is 102. The molecule has 0 amide bonds. The summed E-state index contributed by atoms with van der Waals surface area (Å²) in [7, 11) is 0. The van der Waals surface area contributed by atoms with Crippen LogP contribution in [0.15, 0.2) is 18.2 Å². The summed E-state index contributed by atoms with van der Waals surface area (Å²) in [6.45, 7) is 2.87. The van der Waals surface area contributed by atoms with E-state index in [2.05, 4.69) is 11.7 Å². The molecule has 3 rings (SSSR count). The average Bonchev–Trinajstić information content (AvgIpc) is 2.79. The van der Waals surface area contributed by atoms with Crippen LogP contribution in [-0.4, -0.2) is 30.7 Å². The van der Waals surface area contributed by atoms with Crippen molar-refractivity contribution >= 4 is 0 Å². The number of hydrogen-bond donors (Lipinski definition) is 0. The van der Waals surface area contributed by atoms with E-state index in [9.17, 15) is 30.7 Å². The maximum absolute atomic E-state index is 14.4. The third-order valence-electron chi connectivity index (χ3n) is 7.21. The SMILES string of the molecule is CCCC1(OCC2CCCCC2)CCC(c2ccc(OC(F)(F)C(F)C(F)(F)F)c(F)c2)CC1. The van der Waals surface area contributed by atoms with E-state index < -0.39 is 30.0 Å². The van der Waals surface area contributed by atoms with Crippen LogP contribution in [0.25, 0.3) is 0 Å². The van der Waals surface area contributed by atoms with Gasteiger partial charge in [0.15, 0.2) is 11.6 Å². The molecule has 34 heavy (non-hydrogen) atoms. The number of rotatable bonds is 9. The molecule has 2 fully saturated rings. The van der Waals surface area contributed by atoms with Crippen LogP contribution >= 0.6 is 0 Å². The number of alkyl halides is 6. The third-order valence-corrected chi connectivity index (χ3v) is 7.21. The Morgan fingerprint density at radius 1 is 1.00 bits per heavy atom. The summed E-state index contributed by atoms with van der Waals surface area (Å²) in [5.74, 6) is -1.80. The van der Waals surface area contributed by atoms with E-state index in [1.54, 1.807) is 0 Å². The van der Waals surface area contributed by atoms with Gasteiger partial charge in [-0.1, -0.05) is 38.7 Å². The molecule has 0 radical (unpaired) electrons. The first kappa shape index (κ1) is 27.1. The van der Waals surface area contributed by atoms with Crippen LogP contribution in [0, 0.1) is 11.7 Å². The van der Waals surface area contributed by atoms with Crippen molar-refractivity contribution in [2.24, 2.45) is 5.92 Å². The monoisotopic (exact) mass is 498 g/mol. The van der Waals surface area contributed by atoms with Gasteiger partial charge < -0.3 is 9.47 Å². The van der Waals surface area contributed by atoms with Crippen molar-refractivity contribution in [1.82, 2.24) is 0 Å². The fourth-order valence-corrected chi connectivity index (χ4v) is 5.29. The molecule has 2 saturated carbocycles. The first-order valence-electron chi connectivity index (χ1n) is 12.2. The lowest BCUT2D eigenvalue weighted by molar-refractivity contribution is -0.305. The second kappa shape index (κ2) is 11.0. The van der Waals surface area contributed by atoms with Crippen molar-refractivity contribution in [3.05, 3.63) is 29.6 Å². The Labute approximate surface area is 196 Å². The van der Waals surface area contributed by atoms with E-state index in [1.807, 2.05) is 0 Å². The Balaban J connectivity index is 1.61. The molecule has 9 heteroatoms. The van der Waals surface area contributed by atoms with Crippen LogP contribution in [0.5, 0.6) is 5.75 Å². The standard InChI is InChI=1S/C25H33F7O2/c1-2-12-23(33-16-17-6-4-3-5-7-17)13-10-18(11-14-23)19-8-9-21(20(26)15-19)34-25(31,32)22(27)24(28,29)30/h8-9,15,17-18,22H,2-7,10-14,16H2,1H3. The lowest BCUT2D eigenvalue weighted by Crippen LogP contribution is -2.45. The Kier molecular flexibility index (Phi) is 8.80. The van der Waals surface area contributed by atoms with Gasteiger partial charge in [-0.15, -0.1) is 0 Å². The second-order valence-corrected chi connectivity index (χ2v) is 9.78. The Bertz CT molecular complexity index is 782. The van der Waals surface area contributed by atoms with E-state index >= 15 is 0 Å². The molecule has 2 aliphatic carbocycles. The normalized spacial score (nSPS) is 25.8. The van der Waals surface area contributed by atoms with E-state index in [0.717, 1.165) is 57.3 Å². The van der Waals surface area contributed by atoms with Crippen LogP contribution in [0.4, 0.5) is 30.7 Å². The van der Waals surface area contributed by atoms with Gasteiger partial charge >= 0.3 is 12.3 Å². The topological polar surface area (TPSA) is 18.5 Å². The molecule has 194 valence electrons. The predicted octanol–water partition coefficient (Wildman–Crippen LogP) is 8.49. The molecular formula is C25H33F7O2. The zero-order chi connectivity index (χ0) is 25.0. The molecule has 1 unspecified atom stereocenters. The minimum atomic E-state index is -5.83. The van der Waals surface area contributed by atoms with Crippen LogP contribution in [0.1, 0.15) is 89.0 Å². The zero-order valence-electron chi connectivity index (χ0n) is 19.4. The van der Waals surface area contributed by atoms with Crippen molar-refractivity contribution < 1.29 is 40.2 Å². The summed E-state index contributed by atoms with van der Waals surface area (Å²) in [5.41, 5.74) is 0.346. The predicted molar refractivity (Wildman–Crippen MR) is 114 cm³/mol. The number of benzene rings is 1. The van der Waals surface area contributed by atoms with Gasteiger partial charge in [0.2, 0.25) is 0 Å². The summed E-state index contributed by atoms with van der Waals surface area (Å²) in [6.07, 6.45) is -4.49. The summed E-state index contributed by atoms with van der Waals surface area (Å²) >= 11 is 0. The lowest BCUT2D eigenvalue weighted by Gasteiger charge is -2.41. The molecule has 1 aromatic carbocycles. The zero-order valence-corrected chi connectivity index (χ0v) is 19.4. The van der Waals surface area contributed by atoms with Gasteiger partial charge in [0.1, 0.15) is 0 Å². The Morgan fingerprint density at radius 3 is 2.21 bits per heavy atom. The molecule has 0 aliphatic heterocycles. The molecule has 2 nitrogen and oxygen atoms in total. The third kappa shape index (κ3) is 6.79. The highest BCUT2D eigenvalue weighted by Crippen LogP contribution is 2.44. The fourth-order valence-electron chi connectivity index (χ4n) is 5.29. The molecule has 2 aliphatic rings. The molecular weight excluding hydrogens is 465 g/mol. The van der Waals surface area contributed by atoms with Crippen LogP contribution in [0.2, 0.25) is 0 Å². The quantitative estimate of drug-likeness (QED) is 0.318. The van der Waals surface area contributed by atoms with Gasteiger partial charge in [0.05, 0.1) is 12.2 Å².